The lowest BCUT2D eigenvalue weighted by Crippen LogP contribution is -2.52. The van der Waals surface area contributed by atoms with Gasteiger partial charge in [-0.25, -0.2) is 13.6 Å². The van der Waals surface area contributed by atoms with Crippen LogP contribution in [0, 0.1) is 0 Å². The number of anilines is 1. The van der Waals surface area contributed by atoms with Crippen molar-refractivity contribution in [1.82, 2.24) is 9.80 Å². The van der Waals surface area contributed by atoms with E-state index in [2.05, 4.69) is 17.0 Å². The monoisotopic (exact) mass is 484 g/mol. The minimum absolute atomic E-state index is 0.0164. The first-order valence-electron chi connectivity index (χ1n) is 11.7. The summed E-state index contributed by atoms with van der Waals surface area (Å²) in [6, 6.07) is 14.8. The van der Waals surface area contributed by atoms with E-state index in [9.17, 15) is 18.0 Å². The zero-order valence-electron chi connectivity index (χ0n) is 19.5. The molecule has 2 aromatic carbocycles. The van der Waals surface area contributed by atoms with E-state index in [1.165, 1.54) is 11.6 Å². The van der Waals surface area contributed by atoms with Crippen molar-refractivity contribution in [1.29, 1.82) is 0 Å². The molecule has 2 heterocycles. The summed E-state index contributed by atoms with van der Waals surface area (Å²) >= 11 is 0. The number of benzene rings is 2. The number of aryl methyl sites for hydroxylation is 1. The van der Waals surface area contributed by atoms with Gasteiger partial charge in [-0.1, -0.05) is 30.3 Å². The van der Waals surface area contributed by atoms with Gasteiger partial charge in [-0.15, -0.1) is 0 Å². The smallest absolute Gasteiger partial charge is 0.241 e. The highest BCUT2D eigenvalue weighted by Gasteiger charge is 2.33. The van der Waals surface area contributed by atoms with Crippen LogP contribution >= 0.6 is 0 Å². The van der Waals surface area contributed by atoms with Gasteiger partial charge in [0.2, 0.25) is 21.8 Å². The minimum atomic E-state index is -3.78. The third kappa shape index (κ3) is 5.65. The van der Waals surface area contributed by atoms with Gasteiger partial charge in [0, 0.05) is 44.3 Å². The van der Waals surface area contributed by atoms with Crippen molar-refractivity contribution in [2.45, 2.75) is 43.5 Å². The fraction of sp³-hybridized carbons (Fsp3) is 0.440. The van der Waals surface area contributed by atoms with E-state index >= 15 is 0 Å². The number of rotatable bonds is 7. The van der Waals surface area contributed by atoms with Crippen LogP contribution in [0.4, 0.5) is 5.69 Å². The average Bonchev–Trinajstić information content (AvgIpc) is 3.14. The lowest BCUT2D eigenvalue weighted by molar-refractivity contribution is -0.133. The van der Waals surface area contributed by atoms with E-state index in [0.29, 0.717) is 39.0 Å². The fourth-order valence-electron chi connectivity index (χ4n) is 4.83. The molecule has 0 bridgehead atoms. The SMILES string of the molecule is CC1Cc2cc(S(N)(=O)=O)ccc2N1C(=O)CN1CCN(C(=O)CCCc2ccccc2)CC1. The first-order chi connectivity index (χ1) is 16.2. The summed E-state index contributed by atoms with van der Waals surface area (Å²) < 4.78 is 23.3. The van der Waals surface area contributed by atoms with Gasteiger partial charge in [-0.3, -0.25) is 14.5 Å². The summed E-state index contributed by atoms with van der Waals surface area (Å²) in [6.45, 7) is 4.81. The highest BCUT2D eigenvalue weighted by atomic mass is 32.2. The van der Waals surface area contributed by atoms with Crippen LogP contribution in [-0.4, -0.2) is 68.8 Å². The molecular formula is C25H32N4O4S. The first-order valence-corrected chi connectivity index (χ1v) is 13.3. The highest BCUT2D eigenvalue weighted by Crippen LogP contribution is 2.33. The first kappa shape index (κ1) is 24.4. The van der Waals surface area contributed by atoms with Crippen LogP contribution < -0.4 is 10.0 Å². The van der Waals surface area contributed by atoms with E-state index in [1.54, 1.807) is 17.0 Å². The summed E-state index contributed by atoms with van der Waals surface area (Å²) in [5, 5.41) is 5.25. The lowest BCUT2D eigenvalue weighted by Gasteiger charge is -2.35. The Labute approximate surface area is 201 Å². The topological polar surface area (TPSA) is 104 Å². The number of fused-ring (bicyclic) bond motifs is 1. The molecule has 182 valence electrons. The maximum atomic E-state index is 13.1. The number of piperazine rings is 1. The number of hydrogen-bond acceptors (Lipinski definition) is 5. The molecule has 1 saturated heterocycles. The molecule has 0 spiro atoms. The second-order valence-corrected chi connectivity index (χ2v) is 10.7. The maximum Gasteiger partial charge on any atom is 0.241 e. The number of nitrogens with two attached hydrogens (primary N) is 1. The summed E-state index contributed by atoms with van der Waals surface area (Å²) in [6.07, 6.45) is 2.86. The van der Waals surface area contributed by atoms with Crippen LogP contribution in [0.1, 0.15) is 30.9 Å². The summed E-state index contributed by atoms with van der Waals surface area (Å²) in [5.74, 6) is 0.159. The predicted molar refractivity (Wildman–Crippen MR) is 131 cm³/mol. The molecule has 0 radical (unpaired) electrons. The molecule has 2 N–H and O–H groups in total. The van der Waals surface area contributed by atoms with Crippen molar-refractivity contribution in [3.63, 3.8) is 0 Å². The fourth-order valence-corrected chi connectivity index (χ4v) is 5.40. The van der Waals surface area contributed by atoms with Gasteiger partial charge in [0.05, 0.1) is 11.4 Å². The van der Waals surface area contributed by atoms with Crippen LogP contribution in [0.2, 0.25) is 0 Å². The summed E-state index contributed by atoms with van der Waals surface area (Å²) in [4.78, 5) is 31.5. The van der Waals surface area contributed by atoms with Crippen LogP contribution in [0.15, 0.2) is 53.4 Å². The Bertz CT molecular complexity index is 1140. The molecule has 0 aliphatic carbocycles. The van der Waals surface area contributed by atoms with Crippen LogP contribution in [-0.2, 0) is 32.5 Å². The van der Waals surface area contributed by atoms with Gasteiger partial charge in [-0.2, -0.15) is 0 Å². The number of sulfonamides is 1. The van der Waals surface area contributed by atoms with Gasteiger partial charge < -0.3 is 9.80 Å². The highest BCUT2D eigenvalue weighted by molar-refractivity contribution is 7.89. The number of nitrogens with zero attached hydrogens (tertiary/aromatic N) is 3. The molecule has 34 heavy (non-hydrogen) atoms. The quantitative estimate of drug-likeness (QED) is 0.645. The van der Waals surface area contributed by atoms with Crippen molar-refractivity contribution in [3.8, 4) is 0 Å². The van der Waals surface area contributed by atoms with Crippen LogP contribution in [0.3, 0.4) is 0 Å². The number of carbonyl (C=O) groups is 2. The van der Waals surface area contributed by atoms with E-state index < -0.39 is 10.0 Å². The standard InChI is InChI=1S/C25H32N4O4S/c1-19-16-21-17-22(34(26,32)33)10-11-23(21)29(19)25(31)18-27-12-14-28(15-13-27)24(30)9-5-8-20-6-3-2-4-7-20/h2-4,6-7,10-11,17,19H,5,8-9,12-16,18H2,1H3,(H2,26,32,33). The Hall–Kier alpha value is -2.75. The molecule has 2 aliphatic heterocycles. The molecule has 8 nitrogen and oxygen atoms in total. The van der Waals surface area contributed by atoms with Crippen LogP contribution in [0.5, 0.6) is 0 Å². The zero-order chi connectivity index (χ0) is 24.3. The molecule has 1 fully saturated rings. The van der Waals surface area contributed by atoms with E-state index in [-0.39, 0.29) is 29.3 Å². The molecule has 1 atom stereocenters. The van der Waals surface area contributed by atoms with Gasteiger partial charge in [0.15, 0.2) is 0 Å². The number of amides is 2. The molecule has 1 unspecified atom stereocenters. The summed E-state index contributed by atoms with van der Waals surface area (Å²) in [5.41, 5.74) is 2.81. The van der Waals surface area contributed by atoms with Gasteiger partial charge >= 0.3 is 0 Å². The normalized spacial score (nSPS) is 18.7. The molecule has 0 saturated carbocycles. The van der Waals surface area contributed by atoms with Crippen molar-refractivity contribution >= 4 is 27.5 Å². The molecule has 2 aromatic rings. The molecular weight excluding hydrogens is 452 g/mol. The lowest BCUT2D eigenvalue weighted by atomic mass is 10.1. The molecule has 2 amide bonds. The Balaban J connectivity index is 1.27. The number of hydrogen-bond donors (Lipinski definition) is 1. The maximum absolute atomic E-state index is 13.1. The molecule has 4 rings (SSSR count). The summed E-state index contributed by atoms with van der Waals surface area (Å²) in [7, 11) is -3.78. The largest absolute Gasteiger partial charge is 0.340 e. The van der Waals surface area contributed by atoms with Crippen LogP contribution in [0.25, 0.3) is 0 Å². The average molecular weight is 485 g/mol. The third-order valence-electron chi connectivity index (χ3n) is 6.65. The number of carbonyl (C=O) groups excluding carboxylic acids is 2. The van der Waals surface area contributed by atoms with Crippen molar-refractivity contribution < 1.29 is 18.0 Å². The Kier molecular flexibility index (Phi) is 7.35. The minimum Gasteiger partial charge on any atom is -0.340 e. The Morgan fingerprint density at radius 3 is 2.38 bits per heavy atom. The zero-order valence-corrected chi connectivity index (χ0v) is 20.3. The van der Waals surface area contributed by atoms with Crippen molar-refractivity contribution in [2.75, 3.05) is 37.6 Å². The predicted octanol–water partition coefficient (Wildman–Crippen LogP) is 1.78. The van der Waals surface area contributed by atoms with Crippen molar-refractivity contribution in [2.24, 2.45) is 5.14 Å². The van der Waals surface area contributed by atoms with E-state index in [1.807, 2.05) is 30.0 Å². The number of primary sulfonamides is 1. The second-order valence-electron chi connectivity index (χ2n) is 9.15. The van der Waals surface area contributed by atoms with E-state index in [4.69, 9.17) is 5.14 Å². The van der Waals surface area contributed by atoms with E-state index in [0.717, 1.165) is 24.1 Å². The third-order valence-corrected chi connectivity index (χ3v) is 7.56. The molecule has 0 aromatic heterocycles. The second kappa shape index (κ2) is 10.2. The van der Waals surface area contributed by atoms with Crippen molar-refractivity contribution in [3.05, 3.63) is 59.7 Å². The Morgan fingerprint density at radius 2 is 1.71 bits per heavy atom. The Morgan fingerprint density at radius 1 is 1.00 bits per heavy atom. The molecule has 2 aliphatic rings. The van der Waals surface area contributed by atoms with Gasteiger partial charge in [-0.05, 0) is 55.5 Å². The van der Waals surface area contributed by atoms with Gasteiger partial charge in [0.1, 0.15) is 0 Å². The van der Waals surface area contributed by atoms with Gasteiger partial charge in [0.25, 0.3) is 0 Å². The molecule has 9 heteroatoms.